The van der Waals surface area contributed by atoms with Crippen LogP contribution in [-0.4, -0.2) is 34.5 Å². The lowest BCUT2D eigenvalue weighted by Crippen LogP contribution is -2.09. The van der Waals surface area contributed by atoms with Crippen LogP contribution in [-0.2, 0) is 29.1 Å². The fourth-order valence-corrected chi connectivity index (χ4v) is 4.27. The van der Waals surface area contributed by atoms with E-state index in [2.05, 4.69) is 37.0 Å². The molecular weight excluding hydrogens is 456 g/mol. The zero-order valence-electron chi connectivity index (χ0n) is 21.2. The maximum absolute atomic E-state index is 12.0. The van der Waals surface area contributed by atoms with Crippen LogP contribution in [0.3, 0.4) is 0 Å². The fourth-order valence-electron chi connectivity index (χ4n) is 4.27. The first-order chi connectivity index (χ1) is 17.5. The van der Waals surface area contributed by atoms with Crippen molar-refractivity contribution in [1.29, 1.82) is 0 Å². The lowest BCUT2D eigenvalue weighted by molar-refractivity contribution is -0.142. The van der Waals surface area contributed by atoms with E-state index < -0.39 is 0 Å². The molecule has 2 aromatic heterocycles. The predicted octanol–water partition coefficient (Wildman–Crippen LogP) is 4.83. The minimum Gasteiger partial charge on any atom is -0.494 e. The van der Waals surface area contributed by atoms with Gasteiger partial charge in [0.15, 0.2) is 0 Å². The summed E-state index contributed by atoms with van der Waals surface area (Å²) in [6.07, 6.45) is 1.90. The molecule has 0 aliphatic carbocycles. The molecule has 2 aromatic carbocycles. The van der Waals surface area contributed by atoms with Gasteiger partial charge in [-0.05, 0) is 50.6 Å². The van der Waals surface area contributed by atoms with Gasteiger partial charge in [-0.1, -0.05) is 24.3 Å². The van der Waals surface area contributed by atoms with Gasteiger partial charge in [-0.25, -0.2) is 0 Å². The molecule has 0 saturated heterocycles. The van der Waals surface area contributed by atoms with Crippen LogP contribution in [0.4, 0.5) is 0 Å². The van der Waals surface area contributed by atoms with Crippen LogP contribution >= 0.6 is 0 Å². The van der Waals surface area contributed by atoms with E-state index in [0.29, 0.717) is 23.8 Å². The van der Waals surface area contributed by atoms with Crippen LogP contribution in [0.15, 0.2) is 54.7 Å². The summed E-state index contributed by atoms with van der Waals surface area (Å²) in [5.74, 6) is 1.02. The zero-order valence-corrected chi connectivity index (χ0v) is 21.2. The highest BCUT2D eigenvalue weighted by Gasteiger charge is 2.18. The first kappa shape index (κ1) is 25.2. The lowest BCUT2D eigenvalue weighted by atomic mass is 10.0. The highest BCUT2D eigenvalue weighted by Crippen LogP contribution is 2.35. The number of carbonyl (C=O) groups is 1. The molecule has 36 heavy (non-hydrogen) atoms. The Labute approximate surface area is 211 Å². The number of hydrogen-bond acceptors (Lipinski definition) is 7. The first-order valence-corrected chi connectivity index (χ1v) is 12.1. The van der Waals surface area contributed by atoms with Crippen LogP contribution in [0.2, 0.25) is 0 Å². The van der Waals surface area contributed by atoms with Gasteiger partial charge in [0.05, 0.1) is 31.3 Å². The summed E-state index contributed by atoms with van der Waals surface area (Å²) in [5, 5.41) is 5.86. The number of ether oxygens (including phenoxy) is 3. The Kier molecular flexibility index (Phi) is 7.85. The first-order valence-electron chi connectivity index (χ1n) is 12.1. The quantitative estimate of drug-likeness (QED) is 0.319. The molecule has 0 radical (unpaired) electrons. The van der Waals surface area contributed by atoms with Gasteiger partial charge in [-0.2, -0.15) is 5.10 Å². The molecule has 0 aliphatic heterocycles. The third-order valence-electron chi connectivity index (χ3n) is 5.94. The van der Waals surface area contributed by atoms with E-state index in [1.807, 2.05) is 35.0 Å². The molecular formula is C28H32N4O4. The van der Waals surface area contributed by atoms with Crippen molar-refractivity contribution in [1.82, 2.24) is 14.8 Å². The summed E-state index contributed by atoms with van der Waals surface area (Å²) in [5.41, 5.74) is 11.1. The Morgan fingerprint density at radius 1 is 1.11 bits per heavy atom. The minimum atomic E-state index is -0.282. The van der Waals surface area contributed by atoms with Gasteiger partial charge in [0.2, 0.25) is 0 Å². The second kappa shape index (κ2) is 11.2. The van der Waals surface area contributed by atoms with Gasteiger partial charge in [0.1, 0.15) is 23.8 Å². The molecule has 2 heterocycles. The molecule has 188 valence electrons. The molecule has 2 N–H and O–H groups in total. The van der Waals surface area contributed by atoms with E-state index >= 15 is 0 Å². The lowest BCUT2D eigenvalue weighted by Gasteiger charge is -2.13. The highest BCUT2D eigenvalue weighted by atomic mass is 16.5. The van der Waals surface area contributed by atoms with E-state index in [9.17, 15) is 4.79 Å². The number of benzene rings is 2. The van der Waals surface area contributed by atoms with Crippen LogP contribution in [0, 0.1) is 0 Å². The summed E-state index contributed by atoms with van der Waals surface area (Å²) < 4.78 is 19.0. The average Bonchev–Trinajstić information content (AvgIpc) is 3.26. The Balaban J connectivity index is 1.71. The Morgan fingerprint density at radius 2 is 1.92 bits per heavy atom. The van der Waals surface area contributed by atoms with Gasteiger partial charge in [-0.3, -0.25) is 14.5 Å². The van der Waals surface area contributed by atoms with Crippen LogP contribution in [0.5, 0.6) is 11.5 Å². The molecule has 0 aliphatic rings. The number of pyridine rings is 1. The number of carbonyl (C=O) groups excluding carboxylic acids is 1. The maximum Gasteiger partial charge on any atom is 0.310 e. The molecule has 4 aromatic rings. The summed E-state index contributed by atoms with van der Waals surface area (Å²) >= 11 is 0. The third kappa shape index (κ3) is 5.18. The molecule has 0 bridgehead atoms. The normalized spacial score (nSPS) is 11.2. The molecule has 0 amide bonds. The number of nitrogens with zero attached hydrogens (tertiary/aromatic N) is 3. The maximum atomic E-state index is 12.0. The smallest absolute Gasteiger partial charge is 0.310 e. The van der Waals surface area contributed by atoms with Crippen molar-refractivity contribution in [2.45, 2.75) is 46.4 Å². The van der Waals surface area contributed by atoms with Crippen LogP contribution in [0.25, 0.3) is 22.0 Å². The van der Waals surface area contributed by atoms with Crippen molar-refractivity contribution < 1.29 is 19.0 Å². The molecule has 0 spiro atoms. The monoisotopic (exact) mass is 488 g/mol. The number of esters is 1. The third-order valence-corrected chi connectivity index (χ3v) is 5.94. The van der Waals surface area contributed by atoms with E-state index in [1.165, 1.54) is 0 Å². The minimum absolute atomic E-state index is 0.153. The molecule has 0 saturated carbocycles. The molecule has 8 nitrogen and oxygen atoms in total. The van der Waals surface area contributed by atoms with E-state index in [0.717, 1.165) is 33.3 Å². The number of fused-ring (bicyclic) bond motifs is 1. The van der Waals surface area contributed by atoms with Crippen molar-refractivity contribution in [3.05, 3.63) is 71.7 Å². The average molecular weight is 489 g/mol. The van der Waals surface area contributed by atoms with Crippen molar-refractivity contribution in [2.75, 3.05) is 13.7 Å². The Morgan fingerprint density at radius 3 is 2.64 bits per heavy atom. The Hall–Kier alpha value is -3.91. The second-order valence-electron chi connectivity index (χ2n) is 8.64. The summed E-state index contributed by atoms with van der Waals surface area (Å²) in [6, 6.07) is 15.8. The number of aromatic nitrogens is 3. The van der Waals surface area contributed by atoms with Gasteiger partial charge in [0, 0.05) is 35.3 Å². The van der Waals surface area contributed by atoms with Crippen molar-refractivity contribution >= 4 is 16.9 Å². The van der Waals surface area contributed by atoms with E-state index in [-0.39, 0.29) is 31.6 Å². The standard InChI is InChI=1S/C28H32N4O4/c1-5-35-27(33)15-20-8-6-7-9-26(20)36-17-24-22-14-19(10-11-25(22)32(31-24)18(2)3)21-12-13-30-23(16-29)28(21)34-4/h6-14,18H,5,15-17,29H2,1-4H3. The number of hydrogen-bond donors (Lipinski definition) is 1. The number of methoxy groups -OCH3 is 1. The molecule has 0 unspecified atom stereocenters. The molecule has 0 atom stereocenters. The van der Waals surface area contributed by atoms with Crippen LogP contribution in [0.1, 0.15) is 43.8 Å². The highest BCUT2D eigenvalue weighted by molar-refractivity contribution is 5.88. The molecule has 8 heteroatoms. The van der Waals surface area contributed by atoms with Gasteiger partial charge in [-0.15, -0.1) is 0 Å². The number of para-hydroxylation sites is 1. The van der Waals surface area contributed by atoms with Crippen molar-refractivity contribution in [2.24, 2.45) is 5.73 Å². The van der Waals surface area contributed by atoms with Crippen LogP contribution < -0.4 is 15.2 Å². The van der Waals surface area contributed by atoms with Crippen molar-refractivity contribution in [3.63, 3.8) is 0 Å². The largest absolute Gasteiger partial charge is 0.494 e. The number of rotatable bonds is 10. The summed E-state index contributed by atoms with van der Waals surface area (Å²) in [7, 11) is 1.63. The summed E-state index contributed by atoms with van der Waals surface area (Å²) in [6.45, 7) is 6.87. The number of nitrogens with two attached hydrogens (primary N) is 1. The van der Waals surface area contributed by atoms with Gasteiger partial charge in [0.25, 0.3) is 0 Å². The van der Waals surface area contributed by atoms with Gasteiger partial charge < -0.3 is 19.9 Å². The van der Waals surface area contributed by atoms with E-state index in [1.54, 1.807) is 20.2 Å². The van der Waals surface area contributed by atoms with E-state index in [4.69, 9.17) is 25.0 Å². The molecule has 0 fully saturated rings. The fraction of sp³-hybridized carbons (Fsp3) is 0.321. The van der Waals surface area contributed by atoms with Crippen molar-refractivity contribution in [3.8, 4) is 22.6 Å². The predicted molar refractivity (Wildman–Crippen MR) is 139 cm³/mol. The summed E-state index contributed by atoms with van der Waals surface area (Å²) in [4.78, 5) is 16.4. The second-order valence-corrected chi connectivity index (χ2v) is 8.64. The SMILES string of the molecule is CCOC(=O)Cc1ccccc1OCc1nn(C(C)C)c2ccc(-c3ccnc(CN)c3OC)cc12. The Bertz CT molecular complexity index is 1360. The van der Waals surface area contributed by atoms with Gasteiger partial charge >= 0.3 is 5.97 Å². The zero-order chi connectivity index (χ0) is 25.7. The molecule has 4 rings (SSSR count). The topological polar surface area (TPSA) is 101 Å².